The monoisotopic (exact) mass is 437 g/mol. The van der Waals surface area contributed by atoms with Gasteiger partial charge in [-0.05, 0) is 38.8 Å². The summed E-state index contributed by atoms with van der Waals surface area (Å²) in [6, 6.07) is 0.117. The maximum atomic E-state index is 12.6. The van der Waals surface area contributed by atoms with Gasteiger partial charge in [0.05, 0.1) is 21.8 Å². The number of halogens is 3. The number of nitrogens with zero attached hydrogens (tertiary/aromatic N) is 3. The molecule has 1 unspecified atom stereocenters. The van der Waals surface area contributed by atoms with E-state index in [4.69, 9.17) is 4.98 Å². The van der Waals surface area contributed by atoms with Gasteiger partial charge in [-0.25, -0.2) is 9.97 Å². The molecule has 0 aromatic carbocycles. The summed E-state index contributed by atoms with van der Waals surface area (Å²) in [6.45, 7) is 4.76. The van der Waals surface area contributed by atoms with Crippen LogP contribution in [-0.4, -0.2) is 33.7 Å². The van der Waals surface area contributed by atoms with Crippen LogP contribution in [0.3, 0.4) is 0 Å². The lowest BCUT2D eigenvalue weighted by atomic mass is 10.1. The van der Waals surface area contributed by atoms with E-state index < -0.39 is 12.7 Å². The fourth-order valence-corrected chi connectivity index (χ4v) is 4.21. The molecule has 30 heavy (non-hydrogen) atoms. The molecule has 1 aliphatic rings. The second-order valence-electron chi connectivity index (χ2n) is 7.32. The van der Waals surface area contributed by atoms with Crippen LogP contribution in [0.5, 0.6) is 0 Å². The van der Waals surface area contributed by atoms with Crippen molar-refractivity contribution in [2.45, 2.75) is 58.7 Å². The molecule has 0 saturated heterocycles. The molecular formula is C21H26F3N5S. The van der Waals surface area contributed by atoms with E-state index in [-0.39, 0.29) is 12.0 Å². The number of aryl methyl sites for hydroxylation is 1. The van der Waals surface area contributed by atoms with E-state index in [1.54, 1.807) is 6.92 Å². The lowest BCUT2D eigenvalue weighted by molar-refractivity contribution is -0.115. The molecule has 0 aliphatic heterocycles. The fourth-order valence-electron chi connectivity index (χ4n) is 3.13. The first kappa shape index (κ1) is 22.3. The van der Waals surface area contributed by atoms with Gasteiger partial charge in [0.15, 0.2) is 0 Å². The highest BCUT2D eigenvalue weighted by Crippen LogP contribution is 2.37. The van der Waals surface area contributed by atoms with Crippen molar-refractivity contribution >= 4 is 35.3 Å². The Labute approximate surface area is 178 Å². The van der Waals surface area contributed by atoms with Crippen LogP contribution in [0.2, 0.25) is 0 Å². The van der Waals surface area contributed by atoms with Gasteiger partial charge in [0, 0.05) is 6.04 Å². The van der Waals surface area contributed by atoms with Gasteiger partial charge in [-0.15, -0.1) is 11.3 Å². The van der Waals surface area contributed by atoms with E-state index in [0.29, 0.717) is 11.5 Å². The lowest BCUT2D eigenvalue weighted by Crippen LogP contribution is -2.23. The Morgan fingerprint density at radius 3 is 2.67 bits per heavy atom. The van der Waals surface area contributed by atoms with Crippen molar-refractivity contribution in [1.29, 1.82) is 0 Å². The van der Waals surface area contributed by atoms with E-state index in [1.165, 1.54) is 11.3 Å². The number of allylic oxidation sites excluding steroid dienone is 2. The molecule has 1 atom stereocenters. The molecule has 0 fully saturated rings. The van der Waals surface area contributed by atoms with Crippen LogP contribution >= 0.6 is 11.3 Å². The third-order valence-corrected chi connectivity index (χ3v) is 5.68. The molecule has 0 radical (unpaired) electrons. The van der Waals surface area contributed by atoms with E-state index in [1.807, 2.05) is 25.2 Å². The molecule has 1 aliphatic carbocycles. The van der Waals surface area contributed by atoms with Crippen molar-refractivity contribution in [3.8, 4) is 10.6 Å². The number of unbranched alkanes of at least 4 members (excludes halogenated alkanes) is 1. The average Bonchev–Trinajstić information content (AvgIpc) is 2.93. The quantitative estimate of drug-likeness (QED) is 0.507. The van der Waals surface area contributed by atoms with Crippen molar-refractivity contribution in [3.05, 3.63) is 28.4 Å². The molecule has 5 nitrogen and oxygen atoms in total. The number of fused-ring (bicyclic) bond motifs is 1. The highest BCUT2D eigenvalue weighted by molar-refractivity contribution is 7.16. The predicted molar refractivity (Wildman–Crippen MR) is 118 cm³/mol. The number of hydrogen-bond donors (Lipinski definition) is 2. The molecule has 0 saturated carbocycles. The fraction of sp³-hybridized carbons (Fsp3) is 0.476. The van der Waals surface area contributed by atoms with Gasteiger partial charge < -0.3 is 10.6 Å². The number of hydrogen-bond acceptors (Lipinski definition) is 6. The number of anilines is 2. The number of thiazole rings is 1. The molecule has 9 heteroatoms. The summed E-state index contributed by atoms with van der Waals surface area (Å²) >= 11 is 1.53. The van der Waals surface area contributed by atoms with Crippen LogP contribution in [0.4, 0.5) is 24.9 Å². The average molecular weight is 438 g/mol. The van der Waals surface area contributed by atoms with Crippen molar-refractivity contribution in [1.82, 2.24) is 15.0 Å². The van der Waals surface area contributed by atoms with Gasteiger partial charge in [0.2, 0.25) is 5.95 Å². The summed E-state index contributed by atoms with van der Waals surface area (Å²) in [6.07, 6.45) is 7.72. The standard InChI is InChI=1S/C21H26F3N5S/c1-4-5-9-13(2)26-18-17(14(3)27-20(29-18)25-12-21(22,23)24)19-28-15-10-7-6-8-11-16(15)30-19/h7-8,10-11,13H,4-6,9,12H2,1-3H3,(H2,25,26,27,29). The second kappa shape index (κ2) is 9.59. The van der Waals surface area contributed by atoms with E-state index in [9.17, 15) is 13.2 Å². The lowest BCUT2D eigenvalue weighted by Gasteiger charge is -2.19. The molecule has 162 valence electrons. The van der Waals surface area contributed by atoms with Crippen LogP contribution in [0.25, 0.3) is 22.7 Å². The van der Waals surface area contributed by atoms with E-state index in [0.717, 1.165) is 46.8 Å². The topological polar surface area (TPSA) is 62.7 Å². The maximum absolute atomic E-state index is 12.6. The van der Waals surface area contributed by atoms with Gasteiger partial charge in [0.1, 0.15) is 17.4 Å². The zero-order valence-electron chi connectivity index (χ0n) is 17.3. The normalized spacial score (nSPS) is 14.3. The summed E-state index contributed by atoms with van der Waals surface area (Å²) < 4.78 is 37.9. The Kier molecular flexibility index (Phi) is 7.12. The van der Waals surface area contributed by atoms with Crippen molar-refractivity contribution in [2.24, 2.45) is 0 Å². The minimum absolute atomic E-state index is 0.0447. The minimum Gasteiger partial charge on any atom is -0.367 e. The van der Waals surface area contributed by atoms with E-state index in [2.05, 4.69) is 33.6 Å². The summed E-state index contributed by atoms with van der Waals surface area (Å²) in [4.78, 5) is 14.4. The molecule has 2 aromatic heterocycles. The molecule has 0 bridgehead atoms. The Bertz CT molecular complexity index is 904. The summed E-state index contributed by atoms with van der Waals surface area (Å²) in [5.41, 5.74) is 2.19. The smallest absolute Gasteiger partial charge is 0.367 e. The predicted octanol–water partition coefficient (Wildman–Crippen LogP) is 6.30. The third-order valence-electron chi connectivity index (χ3n) is 4.62. The highest BCUT2D eigenvalue weighted by Gasteiger charge is 2.28. The number of nitrogens with one attached hydrogen (secondary N) is 2. The Morgan fingerprint density at radius 2 is 1.93 bits per heavy atom. The first-order valence-corrected chi connectivity index (χ1v) is 10.9. The number of rotatable bonds is 8. The van der Waals surface area contributed by atoms with Crippen LogP contribution < -0.4 is 10.6 Å². The van der Waals surface area contributed by atoms with Crippen LogP contribution in [0.1, 0.15) is 55.8 Å². The number of aromatic nitrogens is 3. The summed E-state index contributed by atoms with van der Waals surface area (Å²) in [7, 11) is 0. The van der Waals surface area contributed by atoms with Gasteiger partial charge >= 0.3 is 6.18 Å². The van der Waals surface area contributed by atoms with Gasteiger partial charge in [0.25, 0.3) is 0 Å². The van der Waals surface area contributed by atoms with Crippen LogP contribution in [0.15, 0.2) is 12.2 Å². The number of alkyl halides is 3. The van der Waals surface area contributed by atoms with Crippen molar-refractivity contribution in [3.63, 3.8) is 0 Å². The first-order chi connectivity index (χ1) is 14.3. The molecule has 2 aromatic rings. The molecule has 2 N–H and O–H groups in total. The van der Waals surface area contributed by atoms with Crippen molar-refractivity contribution < 1.29 is 13.2 Å². The van der Waals surface area contributed by atoms with Crippen molar-refractivity contribution in [2.75, 3.05) is 17.2 Å². The van der Waals surface area contributed by atoms with Gasteiger partial charge in [-0.2, -0.15) is 18.2 Å². The summed E-state index contributed by atoms with van der Waals surface area (Å²) in [5.74, 6) is 0.462. The first-order valence-electron chi connectivity index (χ1n) is 10.1. The Morgan fingerprint density at radius 1 is 1.17 bits per heavy atom. The zero-order chi connectivity index (χ0) is 21.7. The molecule has 3 rings (SSSR count). The largest absolute Gasteiger partial charge is 0.405 e. The Hall–Kier alpha value is -2.42. The maximum Gasteiger partial charge on any atom is 0.405 e. The SMILES string of the molecule is CCCCC(C)Nc1nc(NCC(F)(F)F)nc(C)c1-c1nc2c(s1)C=CCC=C2. The van der Waals surface area contributed by atoms with Crippen LogP contribution in [0, 0.1) is 6.92 Å². The second-order valence-corrected chi connectivity index (χ2v) is 8.35. The zero-order valence-corrected chi connectivity index (χ0v) is 18.1. The van der Waals surface area contributed by atoms with Gasteiger partial charge in [-0.3, -0.25) is 0 Å². The molecule has 0 spiro atoms. The van der Waals surface area contributed by atoms with E-state index >= 15 is 0 Å². The summed E-state index contributed by atoms with van der Waals surface area (Å²) in [5, 5.41) is 6.42. The minimum atomic E-state index is -4.34. The molecule has 2 heterocycles. The third kappa shape index (κ3) is 5.81. The van der Waals surface area contributed by atoms with Gasteiger partial charge in [-0.1, -0.05) is 31.9 Å². The highest BCUT2D eigenvalue weighted by atomic mass is 32.1. The molecular weight excluding hydrogens is 411 g/mol. The van der Waals surface area contributed by atoms with Crippen LogP contribution in [-0.2, 0) is 0 Å². The Balaban J connectivity index is 1.99. The molecule has 0 amide bonds.